The van der Waals surface area contributed by atoms with Gasteiger partial charge in [-0.1, -0.05) is 53.2 Å². The van der Waals surface area contributed by atoms with Gasteiger partial charge in [0.25, 0.3) is 0 Å². The Kier molecular flexibility index (Phi) is 16.7. The average molecular weight is 479 g/mol. The number of esters is 1. The summed E-state index contributed by atoms with van der Waals surface area (Å²) in [5.41, 5.74) is -0.479. The number of amides is 2. The molecule has 0 saturated carbocycles. The molecule has 0 aliphatic carbocycles. The smallest absolute Gasteiger partial charge is 0.330 e. The predicted octanol–water partition coefficient (Wildman–Crippen LogP) is 4.51. The van der Waals surface area contributed by atoms with Crippen molar-refractivity contribution in [2.24, 2.45) is 17.3 Å². The van der Waals surface area contributed by atoms with Gasteiger partial charge in [-0.25, -0.2) is 4.79 Å². The highest BCUT2D eigenvalue weighted by Crippen LogP contribution is 2.40. The maximum Gasteiger partial charge on any atom is 0.330 e. The van der Waals surface area contributed by atoms with Crippen LogP contribution in [0.2, 0.25) is 0 Å². The number of allylic oxidation sites excluding steroid dienone is 1. The lowest BCUT2D eigenvalue weighted by molar-refractivity contribution is -0.143. The molecule has 0 fully saturated rings. The van der Waals surface area contributed by atoms with E-state index in [1.54, 1.807) is 0 Å². The third-order valence-corrected chi connectivity index (χ3v) is 6.26. The first-order valence-electron chi connectivity index (χ1n) is 12.6. The van der Waals surface area contributed by atoms with Gasteiger partial charge in [-0.15, -0.1) is 0 Å². The van der Waals surface area contributed by atoms with Crippen molar-refractivity contribution in [3.8, 4) is 0 Å². The summed E-state index contributed by atoms with van der Waals surface area (Å²) in [6.07, 6.45) is 9.29. The van der Waals surface area contributed by atoms with E-state index in [0.29, 0.717) is 38.3 Å². The fourth-order valence-corrected chi connectivity index (χ4v) is 4.13. The number of rotatable bonds is 20. The van der Waals surface area contributed by atoms with E-state index in [4.69, 9.17) is 4.74 Å². The maximum absolute atomic E-state index is 12.8. The molecule has 0 saturated heterocycles. The van der Waals surface area contributed by atoms with Crippen LogP contribution in [0.15, 0.2) is 25.3 Å². The van der Waals surface area contributed by atoms with E-state index in [-0.39, 0.29) is 30.1 Å². The molecule has 0 aromatic rings. The number of ketones is 1. The van der Waals surface area contributed by atoms with Gasteiger partial charge in [0.05, 0.1) is 6.61 Å². The molecule has 7 nitrogen and oxygen atoms in total. The molecule has 0 spiro atoms. The zero-order valence-electron chi connectivity index (χ0n) is 21.8. The lowest BCUT2D eigenvalue weighted by atomic mass is 9.70. The monoisotopic (exact) mass is 478 g/mol. The van der Waals surface area contributed by atoms with Gasteiger partial charge in [0, 0.05) is 43.8 Å². The molecule has 34 heavy (non-hydrogen) atoms. The molecule has 0 aliphatic heterocycles. The SMILES string of the molecule is C=CC(=O)CCC(COC(=O)C=C)(CC(C)CC)CC(C)C(=O)NCCCCCCNC(C)=O. The summed E-state index contributed by atoms with van der Waals surface area (Å²) < 4.78 is 5.46. The Balaban J connectivity index is 5.01. The first kappa shape index (κ1) is 31.6. The van der Waals surface area contributed by atoms with Crippen LogP contribution in [0.1, 0.15) is 85.5 Å². The van der Waals surface area contributed by atoms with E-state index in [0.717, 1.165) is 44.6 Å². The van der Waals surface area contributed by atoms with Crippen LogP contribution in [0, 0.1) is 17.3 Å². The molecule has 0 aromatic heterocycles. The summed E-state index contributed by atoms with van der Waals surface area (Å²) in [6.45, 7) is 16.1. The summed E-state index contributed by atoms with van der Waals surface area (Å²) in [4.78, 5) is 47.5. The maximum atomic E-state index is 12.8. The quantitative estimate of drug-likeness (QED) is 0.152. The van der Waals surface area contributed by atoms with Crippen LogP contribution < -0.4 is 10.6 Å². The highest BCUT2D eigenvalue weighted by Gasteiger charge is 2.36. The van der Waals surface area contributed by atoms with E-state index < -0.39 is 11.4 Å². The highest BCUT2D eigenvalue weighted by atomic mass is 16.5. The fraction of sp³-hybridized carbons (Fsp3) is 0.704. The Labute approximate surface area is 206 Å². The fourth-order valence-electron chi connectivity index (χ4n) is 4.13. The van der Waals surface area contributed by atoms with Gasteiger partial charge in [0.2, 0.25) is 11.8 Å². The van der Waals surface area contributed by atoms with Gasteiger partial charge in [-0.2, -0.15) is 0 Å². The van der Waals surface area contributed by atoms with E-state index >= 15 is 0 Å². The molecule has 0 heterocycles. The number of carbonyl (C=O) groups excluding carboxylic acids is 4. The van der Waals surface area contributed by atoms with Crippen molar-refractivity contribution in [2.45, 2.75) is 85.5 Å². The third-order valence-electron chi connectivity index (χ3n) is 6.26. The second kappa shape index (κ2) is 18.0. The summed E-state index contributed by atoms with van der Waals surface area (Å²) in [6, 6.07) is 0. The molecule has 3 unspecified atom stereocenters. The summed E-state index contributed by atoms with van der Waals surface area (Å²) >= 11 is 0. The Morgan fingerprint density at radius 3 is 2.09 bits per heavy atom. The van der Waals surface area contributed by atoms with Crippen LogP contribution in [-0.2, 0) is 23.9 Å². The van der Waals surface area contributed by atoms with E-state index in [2.05, 4.69) is 37.6 Å². The molecule has 0 aliphatic rings. The molecular weight excluding hydrogens is 432 g/mol. The highest BCUT2D eigenvalue weighted by molar-refractivity contribution is 5.89. The second-order valence-electron chi connectivity index (χ2n) is 9.49. The molecule has 0 bridgehead atoms. The zero-order valence-corrected chi connectivity index (χ0v) is 21.8. The number of unbranched alkanes of at least 4 members (excludes halogenated alkanes) is 3. The van der Waals surface area contributed by atoms with Crippen LogP contribution in [0.5, 0.6) is 0 Å². The molecule has 7 heteroatoms. The molecule has 0 radical (unpaired) electrons. The average Bonchev–Trinajstić information content (AvgIpc) is 2.81. The predicted molar refractivity (Wildman–Crippen MR) is 136 cm³/mol. The molecule has 2 amide bonds. The standard InChI is InChI=1S/C27H46N2O5/c1-7-21(4)18-27(15-14-24(31)8-2,20-34-25(32)9-3)19-22(5)26(33)29-17-13-11-10-12-16-28-23(6)30/h8-9,21-22H,2-3,7,10-20H2,1,4-6H3,(H,28,30)(H,29,33). The van der Waals surface area contributed by atoms with Crippen molar-refractivity contribution in [1.82, 2.24) is 10.6 Å². The summed E-state index contributed by atoms with van der Waals surface area (Å²) in [5, 5.41) is 5.80. The van der Waals surface area contributed by atoms with Crippen molar-refractivity contribution >= 4 is 23.6 Å². The van der Waals surface area contributed by atoms with Crippen molar-refractivity contribution in [3.63, 3.8) is 0 Å². The Morgan fingerprint density at radius 1 is 0.941 bits per heavy atom. The second-order valence-corrected chi connectivity index (χ2v) is 9.49. The third kappa shape index (κ3) is 14.7. The van der Waals surface area contributed by atoms with Crippen molar-refractivity contribution in [1.29, 1.82) is 0 Å². The molecule has 3 atom stereocenters. The van der Waals surface area contributed by atoms with Crippen LogP contribution in [-0.4, -0.2) is 43.3 Å². The first-order valence-corrected chi connectivity index (χ1v) is 12.6. The van der Waals surface area contributed by atoms with Gasteiger partial charge in [0.15, 0.2) is 5.78 Å². The molecule has 0 aromatic carbocycles. The van der Waals surface area contributed by atoms with Gasteiger partial charge >= 0.3 is 5.97 Å². The van der Waals surface area contributed by atoms with Crippen molar-refractivity contribution < 1.29 is 23.9 Å². The minimum atomic E-state index is -0.501. The molecule has 194 valence electrons. The first-order chi connectivity index (χ1) is 16.1. The molecule has 2 N–H and O–H groups in total. The minimum Gasteiger partial charge on any atom is -0.462 e. The van der Waals surface area contributed by atoms with Crippen LogP contribution in [0.3, 0.4) is 0 Å². The number of hydrogen-bond donors (Lipinski definition) is 2. The van der Waals surface area contributed by atoms with Crippen molar-refractivity contribution in [3.05, 3.63) is 25.3 Å². The topological polar surface area (TPSA) is 102 Å². The van der Waals surface area contributed by atoms with Crippen molar-refractivity contribution in [2.75, 3.05) is 19.7 Å². The molecule has 0 rings (SSSR count). The van der Waals surface area contributed by atoms with E-state index in [1.807, 2.05) is 6.92 Å². The Bertz CT molecular complexity index is 650. The number of nitrogens with one attached hydrogen (secondary N) is 2. The van der Waals surface area contributed by atoms with Gasteiger partial charge in [0.1, 0.15) is 0 Å². The van der Waals surface area contributed by atoms with Gasteiger partial charge in [-0.05, 0) is 44.1 Å². The van der Waals surface area contributed by atoms with Crippen LogP contribution in [0.4, 0.5) is 0 Å². The zero-order chi connectivity index (χ0) is 26.0. The van der Waals surface area contributed by atoms with E-state index in [9.17, 15) is 19.2 Å². The summed E-state index contributed by atoms with van der Waals surface area (Å²) in [7, 11) is 0. The van der Waals surface area contributed by atoms with Gasteiger partial charge < -0.3 is 15.4 Å². The number of ether oxygens (including phenoxy) is 1. The van der Waals surface area contributed by atoms with E-state index in [1.165, 1.54) is 13.0 Å². The number of carbonyl (C=O) groups is 4. The lowest BCUT2D eigenvalue weighted by Crippen LogP contribution is -2.38. The lowest BCUT2D eigenvalue weighted by Gasteiger charge is -2.37. The largest absolute Gasteiger partial charge is 0.462 e. The normalized spacial score (nSPS) is 14.2. The number of hydrogen-bond acceptors (Lipinski definition) is 5. The van der Waals surface area contributed by atoms with Crippen LogP contribution in [0.25, 0.3) is 0 Å². The minimum absolute atomic E-state index is 0.0150. The van der Waals surface area contributed by atoms with Gasteiger partial charge in [-0.3, -0.25) is 14.4 Å². The molecular formula is C27H46N2O5. The Morgan fingerprint density at radius 2 is 1.56 bits per heavy atom. The summed E-state index contributed by atoms with van der Waals surface area (Å²) in [5.74, 6) is -0.534. The van der Waals surface area contributed by atoms with Crippen LogP contribution >= 0.6 is 0 Å². The Hall–Kier alpha value is -2.44.